The Morgan fingerprint density at radius 3 is 2.75 bits per heavy atom. The summed E-state index contributed by atoms with van der Waals surface area (Å²) in [4.78, 5) is 24.5. The zero-order valence-corrected chi connectivity index (χ0v) is 14.4. The SMILES string of the molecule is Cc1ccc(C(=O)NC2CCN(c3nc4ccccc4[nH]3)CC2)s1. The Bertz CT molecular complexity index is 828. The number of aromatic nitrogens is 2. The number of nitrogens with zero attached hydrogens (tertiary/aromatic N) is 2. The molecule has 24 heavy (non-hydrogen) atoms. The fourth-order valence-electron chi connectivity index (χ4n) is 3.14. The van der Waals surface area contributed by atoms with Crippen molar-refractivity contribution >= 4 is 34.2 Å². The largest absolute Gasteiger partial charge is 0.348 e. The molecule has 3 heterocycles. The second-order valence-corrected chi connectivity index (χ2v) is 7.51. The van der Waals surface area contributed by atoms with Crippen LogP contribution in [-0.2, 0) is 0 Å². The molecule has 0 unspecified atom stereocenters. The van der Waals surface area contributed by atoms with E-state index in [-0.39, 0.29) is 11.9 Å². The number of nitrogens with one attached hydrogen (secondary N) is 2. The van der Waals surface area contributed by atoms with Gasteiger partial charge in [-0.25, -0.2) is 4.98 Å². The third-order valence-electron chi connectivity index (χ3n) is 4.47. The lowest BCUT2D eigenvalue weighted by Gasteiger charge is -2.32. The van der Waals surface area contributed by atoms with Gasteiger partial charge in [0.1, 0.15) is 0 Å². The summed E-state index contributed by atoms with van der Waals surface area (Å²) < 4.78 is 0. The number of carbonyl (C=O) groups excluding carboxylic acids is 1. The highest BCUT2D eigenvalue weighted by molar-refractivity contribution is 7.13. The molecule has 4 rings (SSSR count). The molecule has 1 fully saturated rings. The molecule has 1 aromatic carbocycles. The van der Waals surface area contributed by atoms with Crippen LogP contribution in [0.5, 0.6) is 0 Å². The van der Waals surface area contributed by atoms with Crippen LogP contribution in [-0.4, -0.2) is 35.0 Å². The predicted octanol–water partition coefficient (Wildman–Crippen LogP) is 3.33. The topological polar surface area (TPSA) is 61.0 Å². The molecule has 1 saturated heterocycles. The van der Waals surface area contributed by atoms with Gasteiger partial charge in [-0.05, 0) is 44.0 Å². The number of piperidine rings is 1. The van der Waals surface area contributed by atoms with E-state index in [9.17, 15) is 4.79 Å². The first-order valence-electron chi connectivity index (χ1n) is 8.26. The Kier molecular flexibility index (Phi) is 3.98. The number of fused-ring (bicyclic) bond motifs is 1. The summed E-state index contributed by atoms with van der Waals surface area (Å²) in [5, 5.41) is 3.16. The van der Waals surface area contributed by atoms with Crippen LogP contribution in [0.25, 0.3) is 11.0 Å². The first-order chi connectivity index (χ1) is 11.7. The van der Waals surface area contributed by atoms with E-state index >= 15 is 0 Å². The standard InChI is InChI=1S/C18H20N4OS/c1-12-6-7-16(24-12)17(23)19-13-8-10-22(11-9-13)18-20-14-4-2-3-5-15(14)21-18/h2-7,13H,8-11H2,1H3,(H,19,23)(H,20,21). The van der Waals surface area contributed by atoms with Crippen molar-refractivity contribution in [3.63, 3.8) is 0 Å². The normalized spacial score (nSPS) is 15.8. The van der Waals surface area contributed by atoms with Crippen molar-refractivity contribution in [2.24, 2.45) is 0 Å². The van der Waals surface area contributed by atoms with Crippen LogP contribution in [0, 0.1) is 6.92 Å². The molecule has 1 aliphatic rings. The van der Waals surface area contributed by atoms with E-state index in [1.807, 2.05) is 43.3 Å². The van der Waals surface area contributed by atoms with Gasteiger partial charge in [0, 0.05) is 24.0 Å². The molecular weight excluding hydrogens is 320 g/mol. The van der Waals surface area contributed by atoms with Crippen LogP contribution < -0.4 is 10.2 Å². The molecule has 2 N–H and O–H groups in total. The molecule has 0 spiro atoms. The predicted molar refractivity (Wildman–Crippen MR) is 97.9 cm³/mol. The number of aromatic amines is 1. The number of carbonyl (C=O) groups is 1. The molecule has 0 radical (unpaired) electrons. The van der Waals surface area contributed by atoms with Crippen LogP contribution in [0.1, 0.15) is 27.4 Å². The Hall–Kier alpha value is -2.34. The fraction of sp³-hybridized carbons (Fsp3) is 0.333. The quantitative estimate of drug-likeness (QED) is 0.769. The van der Waals surface area contributed by atoms with E-state index in [2.05, 4.69) is 20.2 Å². The molecule has 6 heteroatoms. The minimum absolute atomic E-state index is 0.0512. The smallest absolute Gasteiger partial charge is 0.261 e. The molecule has 0 saturated carbocycles. The Labute approximate surface area is 144 Å². The number of hydrogen-bond donors (Lipinski definition) is 2. The summed E-state index contributed by atoms with van der Waals surface area (Å²) in [6.45, 7) is 3.82. The summed E-state index contributed by atoms with van der Waals surface area (Å²) in [5.41, 5.74) is 2.06. The molecule has 0 aliphatic carbocycles. The molecule has 1 aliphatic heterocycles. The number of anilines is 1. The van der Waals surface area contributed by atoms with Gasteiger partial charge < -0.3 is 15.2 Å². The Morgan fingerprint density at radius 2 is 2.04 bits per heavy atom. The third-order valence-corrected chi connectivity index (χ3v) is 5.47. The number of thiophene rings is 1. The third kappa shape index (κ3) is 3.01. The summed E-state index contributed by atoms with van der Waals surface area (Å²) in [7, 11) is 0. The number of para-hydroxylation sites is 2. The van der Waals surface area contributed by atoms with Gasteiger partial charge in [-0.15, -0.1) is 11.3 Å². The molecule has 2 aromatic heterocycles. The number of imidazole rings is 1. The van der Waals surface area contributed by atoms with Crippen molar-refractivity contribution in [1.29, 1.82) is 0 Å². The number of rotatable bonds is 3. The van der Waals surface area contributed by atoms with E-state index in [1.165, 1.54) is 4.88 Å². The van der Waals surface area contributed by atoms with Crippen molar-refractivity contribution in [3.8, 4) is 0 Å². The van der Waals surface area contributed by atoms with E-state index in [0.29, 0.717) is 0 Å². The van der Waals surface area contributed by atoms with Gasteiger partial charge in [0.15, 0.2) is 0 Å². The molecular formula is C18H20N4OS. The number of aryl methyl sites for hydroxylation is 1. The Morgan fingerprint density at radius 1 is 1.25 bits per heavy atom. The number of H-pyrrole nitrogens is 1. The van der Waals surface area contributed by atoms with Gasteiger partial charge in [-0.1, -0.05) is 12.1 Å². The minimum Gasteiger partial charge on any atom is -0.348 e. The van der Waals surface area contributed by atoms with Gasteiger partial charge in [-0.2, -0.15) is 0 Å². The second kappa shape index (κ2) is 6.28. The van der Waals surface area contributed by atoms with Crippen LogP contribution in [0.4, 0.5) is 5.95 Å². The first kappa shape index (κ1) is 15.2. The molecule has 124 valence electrons. The maximum Gasteiger partial charge on any atom is 0.261 e. The fourth-order valence-corrected chi connectivity index (χ4v) is 3.91. The van der Waals surface area contributed by atoms with Gasteiger partial charge in [0.25, 0.3) is 5.91 Å². The first-order valence-corrected chi connectivity index (χ1v) is 9.08. The maximum absolute atomic E-state index is 12.3. The van der Waals surface area contributed by atoms with Crippen molar-refractivity contribution in [1.82, 2.24) is 15.3 Å². The van der Waals surface area contributed by atoms with Gasteiger partial charge in [-0.3, -0.25) is 4.79 Å². The van der Waals surface area contributed by atoms with Gasteiger partial charge in [0.2, 0.25) is 5.95 Å². The van der Waals surface area contributed by atoms with Crippen molar-refractivity contribution in [2.75, 3.05) is 18.0 Å². The highest BCUT2D eigenvalue weighted by atomic mass is 32.1. The minimum atomic E-state index is 0.0512. The van der Waals surface area contributed by atoms with Crippen molar-refractivity contribution in [2.45, 2.75) is 25.8 Å². The number of amides is 1. The molecule has 0 atom stereocenters. The van der Waals surface area contributed by atoms with E-state index < -0.39 is 0 Å². The summed E-state index contributed by atoms with van der Waals surface area (Å²) in [6.07, 6.45) is 1.88. The molecule has 5 nitrogen and oxygen atoms in total. The van der Waals surface area contributed by atoms with Crippen LogP contribution in [0.15, 0.2) is 36.4 Å². The monoisotopic (exact) mass is 340 g/mol. The molecule has 0 bridgehead atoms. The summed E-state index contributed by atoms with van der Waals surface area (Å²) >= 11 is 1.55. The van der Waals surface area contributed by atoms with Crippen LogP contribution in [0.3, 0.4) is 0 Å². The average molecular weight is 340 g/mol. The Balaban J connectivity index is 1.37. The van der Waals surface area contributed by atoms with Crippen LogP contribution >= 0.6 is 11.3 Å². The molecule has 3 aromatic rings. The highest BCUT2D eigenvalue weighted by Gasteiger charge is 2.23. The van der Waals surface area contributed by atoms with Crippen molar-refractivity contribution < 1.29 is 4.79 Å². The highest BCUT2D eigenvalue weighted by Crippen LogP contribution is 2.21. The summed E-state index contributed by atoms with van der Waals surface area (Å²) in [6, 6.07) is 12.2. The van der Waals surface area contributed by atoms with Gasteiger partial charge >= 0.3 is 0 Å². The van der Waals surface area contributed by atoms with E-state index in [4.69, 9.17) is 0 Å². The summed E-state index contributed by atoms with van der Waals surface area (Å²) in [5.74, 6) is 0.977. The second-order valence-electron chi connectivity index (χ2n) is 6.22. The van der Waals surface area contributed by atoms with Gasteiger partial charge in [0.05, 0.1) is 15.9 Å². The van der Waals surface area contributed by atoms with E-state index in [0.717, 1.165) is 47.8 Å². The average Bonchev–Trinajstić information content (AvgIpc) is 3.21. The zero-order chi connectivity index (χ0) is 16.5. The lowest BCUT2D eigenvalue weighted by atomic mass is 10.1. The molecule has 1 amide bonds. The van der Waals surface area contributed by atoms with Crippen molar-refractivity contribution in [3.05, 3.63) is 46.2 Å². The lowest BCUT2D eigenvalue weighted by Crippen LogP contribution is -2.44. The number of benzene rings is 1. The number of hydrogen-bond acceptors (Lipinski definition) is 4. The maximum atomic E-state index is 12.3. The lowest BCUT2D eigenvalue weighted by molar-refractivity contribution is 0.0935. The van der Waals surface area contributed by atoms with E-state index in [1.54, 1.807) is 11.3 Å². The zero-order valence-electron chi connectivity index (χ0n) is 13.6. The van der Waals surface area contributed by atoms with Crippen LogP contribution in [0.2, 0.25) is 0 Å².